The Hall–Kier alpha value is -2.74. The van der Waals surface area contributed by atoms with Gasteiger partial charge >= 0.3 is 12.3 Å². The Balaban J connectivity index is 2.01. The molecule has 0 aliphatic rings. The average Bonchev–Trinajstić information content (AvgIpc) is 2.56. The van der Waals surface area contributed by atoms with Crippen molar-refractivity contribution in [3.63, 3.8) is 0 Å². The third-order valence-electron chi connectivity index (χ3n) is 3.54. The molecule has 0 saturated carbocycles. The third-order valence-corrected chi connectivity index (χ3v) is 3.83. The van der Waals surface area contributed by atoms with Crippen LogP contribution in [0.3, 0.4) is 0 Å². The minimum Gasteiger partial charge on any atom is -0.435 e. The number of nitrogens with one attached hydrogen (secondary N) is 1. The lowest BCUT2D eigenvalue weighted by atomic mass is 10.2. The highest BCUT2D eigenvalue weighted by Gasteiger charge is 2.13. The summed E-state index contributed by atoms with van der Waals surface area (Å²) in [6.45, 7) is -3.07. The molecule has 0 spiro atoms. The first-order valence-corrected chi connectivity index (χ1v) is 7.39. The SMILES string of the molecule is O=c1[nH]c2c(F)c(Cl)ccc2c(=O)n1Cc1ccc(OC(F)F)cc1. The molecule has 0 radical (unpaired) electrons. The monoisotopic (exact) mass is 370 g/mol. The van der Waals surface area contributed by atoms with Crippen LogP contribution < -0.4 is 16.0 Å². The van der Waals surface area contributed by atoms with Crippen molar-refractivity contribution in [3.05, 3.63) is 73.6 Å². The van der Waals surface area contributed by atoms with Gasteiger partial charge in [-0.25, -0.2) is 9.18 Å². The summed E-state index contributed by atoms with van der Waals surface area (Å²) in [7, 11) is 0. The van der Waals surface area contributed by atoms with Crippen molar-refractivity contribution in [2.24, 2.45) is 0 Å². The molecule has 1 aromatic heterocycles. The highest BCUT2D eigenvalue weighted by Crippen LogP contribution is 2.20. The van der Waals surface area contributed by atoms with Crippen LogP contribution in [0, 0.1) is 5.82 Å². The van der Waals surface area contributed by atoms with E-state index in [4.69, 9.17) is 11.6 Å². The van der Waals surface area contributed by atoms with E-state index in [2.05, 4.69) is 9.72 Å². The number of aromatic nitrogens is 2. The van der Waals surface area contributed by atoms with Crippen molar-refractivity contribution in [2.45, 2.75) is 13.2 Å². The van der Waals surface area contributed by atoms with Crippen molar-refractivity contribution in [3.8, 4) is 5.75 Å². The van der Waals surface area contributed by atoms with E-state index in [1.54, 1.807) is 0 Å². The maximum Gasteiger partial charge on any atom is 0.387 e. The fourth-order valence-electron chi connectivity index (χ4n) is 2.37. The smallest absolute Gasteiger partial charge is 0.387 e. The maximum atomic E-state index is 13.9. The highest BCUT2D eigenvalue weighted by molar-refractivity contribution is 6.31. The Bertz CT molecular complexity index is 1050. The van der Waals surface area contributed by atoms with Crippen LogP contribution in [0.1, 0.15) is 5.56 Å². The first kappa shape index (κ1) is 17.1. The van der Waals surface area contributed by atoms with Crippen LogP contribution in [-0.4, -0.2) is 16.2 Å². The van der Waals surface area contributed by atoms with Crippen LogP contribution in [-0.2, 0) is 6.54 Å². The van der Waals surface area contributed by atoms with Crippen LogP contribution in [0.15, 0.2) is 46.0 Å². The van der Waals surface area contributed by atoms with E-state index in [1.807, 2.05) is 0 Å². The molecule has 0 atom stereocenters. The number of aromatic amines is 1. The van der Waals surface area contributed by atoms with Crippen molar-refractivity contribution in [1.29, 1.82) is 0 Å². The second kappa shape index (κ2) is 6.64. The molecule has 2 aromatic carbocycles. The lowest BCUT2D eigenvalue weighted by Crippen LogP contribution is -2.35. The van der Waals surface area contributed by atoms with Crippen molar-refractivity contribution in [2.75, 3.05) is 0 Å². The highest BCUT2D eigenvalue weighted by atomic mass is 35.5. The number of ether oxygens (including phenoxy) is 1. The first-order valence-electron chi connectivity index (χ1n) is 7.01. The minimum atomic E-state index is -2.95. The molecular weight excluding hydrogens is 361 g/mol. The molecule has 0 unspecified atom stereocenters. The molecule has 130 valence electrons. The Morgan fingerprint density at radius 3 is 2.44 bits per heavy atom. The molecule has 25 heavy (non-hydrogen) atoms. The summed E-state index contributed by atoms with van der Waals surface area (Å²) >= 11 is 5.64. The predicted octanol–water partition coefficient (Wildman–Crippen LogP) is 3.13. The van der Waals surface area contributed by atoms with E-state index in [0.29, 0.717) is 5.56 Å². The molecule has 0 aliphatic carbocycles. The quantitative estimate of drug-likeness (QED) is 0.767. The van der Waals surface area contributed by atoms with E-state index in [9.17, 15) is 22.8 Å². The average molecular weight is 371 g/mol. The Kier molecular flexibility index (Phi) is 4.54. The fourth-order valence-corrected chi connectivity index (χ4v) is 2.52. The van der Waals surface area contributed by atoms with E-state index in [1.165, 1.54) is 36.4 Å². The van der Waals surface area contributed by atoms with Gasteiger partial charge in [0, 0.05) is 0 Å². The van der Waals surface area contributed by atoms with Gasteiger partial charge in [0.15, 0.2) is 5.82 Å². The number of nitrogens with zero attached hydrogens (tertiary/aromatic N) is 1. The number of benzene rings is 2. The normalized spacial score (nSPS) is 11.2. The van der Waals surface area contributed by atoms with Gasteiger partial charge in [-0.2, -0.15) is 8.78 Å². The van der Waals surface area contributed by atoms with E-state index in [0.717, 1.165) is 4.57 Å². The molecule has 0 saturated heterocycles. The molecule has 0 amide bonds. The summed E-state index contributed by atoms with van der Waals surface area (Å²) in [5, 5.41) is -0.242. The summed E-state index contributed by atoms with van der Waals surface area (Å²) in [6, 6.07) is 8.00. The largest absolute Gasteiger partial charge is 0.435 e. The molecule has 1 N–H and O–H groups in total. The van der Waals surface area contributed by atoms with Gasteiger partial charge in [-0.3, -0.25) is 9.36 Å². The van der Waals surface area contributed by atoms with E-state index >= 15 is 0 Å². The molecule has 0 aliphatic heterocycles. The summed E-state index contributed by atoms with van der Waals surface area (Å²) in [4.78, 5) is 26.8. The Morgan fingerprint density at radius 2 is 1.80 bits per heavy atom. The van der Waals surface area contributed by atoms with Crippen molar-refractivity contribution < 1.29 is 17.9 Å². The van der Waals surface area contributed by atoms with Crippen molar-refractivity contribution in [1.82, 2.24) is 9.55 Å². The zero-order chi connectivity index (χ0) is 18.1. The first-order chi connectivity index (χ1) is 11.9. The zero-order valence-electron chi connectivity index (χ0n) is 12.4. The van der Waals surface area contributed by atoms with Gasteiger partial charge in [0.1, 0.15) is 5.75 Å². The topological polar surface area (TPSA) is 64.1 Å². The maximum absolute atomic E-state index is 13.9. The second-order valence-corrected chi connectivity index (χ2v) is 5.54. The summed E-state index contributed by atoms with van der Waals surface area (Å²) < 4.78 is 43.3. The minimum absolute atomic E-state index is 0.0286. The van der Waals surface area contributed by atoms with Gasteiger partial charge in [-0.15, -0.1) is 0 Å². The van der Waals surface area contributed by atoms with Gasteiger partial charge < -0.3 is 9.72 Å². The predicted molar refractivity (Wildman–Crippen MR) is 86.0 cm³/mol. The number of rotatable bonds is 4. The van der Waals surface area contributed by atoms with Gasteiger partial charge in [0.2, 0.25) is 0 Å². The van der Waals surface area contributed by atoms with Gasteiger partial charge in [-0.1, -0.05) is 23.7 Å². The summed E-state index contributed by atoms with van der Waals surface area (Å²) in [6.07, 6.45) is 0. The number of alkyl halides is 2. The van der Waals surface area contributed by atoms with Crippen LogP contribution in [0.25, 0.3) is 10.9 Å². The number of halogens is 4. The number of hydrogen-bond donors (Lipinski definition) is 1. The molecule has 5 nitrogen and oxygen atoms in total. The van der Waals surface area contributed by atoms with Crippen LogP contribution in [0.5, 0.6) is 5.75 Å². The van der Waals surface area contributed by atoms with Crippen LogP contribution in [0.4, 0.5) is 13.2 Å². The molecule has 9 heteroatoms. The number of fused-ring (bicyclic) bond motifs is 1. The lowest BCUT2D eigenvalue weighted by Gasteiger charge is -2.09. The molecule has 1 heterocycles. The molecule has 0 fully saturated rings. The lowest BCUT2D eigenvalue weighted by molar-refractivity contribution is -0.0498. The number of hydrogen-bond acceptors (Lipinski definition) is 3. The van der Waals surface area contributed by atoms with Crippen molar-refractivity contribution >= 4 is 22.5 Å². The van der Waals surface area contributed by atoms with E-state index in [-0.39, 0.29) is 28.2 Å². The molecule has 0 bridgehead atoms. The Morgan fingerprint density at radius 1 is 1.12 bits per heavy atom. The number of H-pyrrole nitrogens is 1. The fraction of sp³-hybridized carbons (Fsp3) is 0.125. The summed E-state index contributed by atoms with van der Waals surface area (Å²) in [5.41, 5.74) is -1.27. The van der Waals surface area contributed by atoms with Crippen LogP contribution in [0.2, 0.25) is 5.02 Å². The van der Waals surface area contributed by atoms with Crippen LogP contribution >= 0.6 is 11.6 Å². The molecule has 3 rings (SSSR count). The molecular formula is C16H10ClF3N2O3. The van der Waals surface area contributed by atoms with Gasteiger partial charge in [0.05, 0.1) is 22.5 Å². The standard InChI is InChI=1S/C16H10ClF3N2O3/c17-11-6-5-10-13(12(11)18)21-16(24)22(14(10)23)7-8-1-3-9(4-2-8)25-15(19)20/h1-6,15H,7H2,(H,21,24). The van der Waals surface area contributed by atoms with E-state index < -0.39 is 23.7 Å². The third kappa shape index (κ3) is 3.39. The zero-order valence-corrected chi connectivity index (χ0v) is 13.2. The molecule has 3 aromatic rings. The van der Waals surface area contributed by atoms with Gasteiger partial charge in [0.25, 0.3) is 5.56 Å². The Labute approximate surface area is 143 Å². The second-order valence-electron chi connectivity index (χ2n) is 5.13. The summed E-state index contributed by atoms with van der Waals surface area (Å²) in [5.74, 6) is -0.927. The van der Waals surface area contributed by atoms with Gasteiger partial charge in [-0.05, 0) is 29.8 Å².